The lowest BCUT2D eigenvalue weighted by molar-refractivity contribution is 0.246. The van der Waals surface area contributed by atoms with Crippen LogP contribution in [0.2, 0.25) is 0 Å². The van der Waals surface area contributed by atoms with Gasteiger partial charge in [-0.3, -0.25) is 19.8 Å². The van der Waals surface area contributed by atoms with Crippen molar-refractivity contribution in [1.29, 1.82) is 0 Å². The third-order valence-electron chi connectivity index (χ3n) is 4.02. The molecule has 1 fully saturated rings. The Morgan fingerprint density at radius 2 is 1.22 bits per heavy atom. The highest BCUT2D eigenvalue weighted by atomic mass is 19.1. The quantitative estimate of drug-likeness (QED) is 0.867. The van der Waals surface area contributed by atoms with Gasteiger partial charge in [0.2, 0.25) is 0 Å². The van der Waals surface area contributed by atoms with E-state index in [0.29, 0.717) is 13.1 Å². The molecule has 1 saturated heterocycles. The Kier molecular flexibility index (Phi) is 5.25. The average Bonchev–Trinajstić information content (AvgIpc) is 2.73. The van der Waals surface area contributed by atoms with Crippen molar-refractivity contribution >= 4 is 0 Å². The lowest BCUT2D eigenvalue weighted by Crippen LogP contribution is -2.30. The van der Waals surface area contributed by atoms with Gasteiger partial charge in [0.1, 0.15) is 11.6 Å². The van der Waals surface area contributed by atoms with Gasteiger partial charge >= 0.3 is 0 Å². The summed E-state index contributed by atoms with van der Waals surface area (Å²) in [6.45, 7) is 5.15. The van der Waals surface area contributed by atoms with Crippen molar-refractivity contribution in [2.24, 2.45) is 0 Å². The van der Waals surface area contributed by atoms with Gasteiger partial charge in [0.15, 0.2) is 0 Å². The Hall–Kier alpha value is -1.92. The highest BCUT2D eigenvalue weighted by molar-refractivity contribution is 5.11. The Labute approximate surface area is 134 Å². The van der Waals surface area contributed by atoms with Crippen LogP contribution in [0.1, 0.15) is 17.5 Å². The summed E-state index contributed by atoms with van der Waals surface area (Å²) >= 11 is 0. The molecule has 0 spiro atoms. The van der Waals surface area contributed by atoms with Crippen LogP contribution >= 0.6 is 0 Å². The molecular formula is C17H20F2N4. The maximum Gasteiger partial charge on any atom is 0.141 e. The fraction of sp³-hybridized carbons (Fsp3) is 0.412. The van der Waals surface area contributed by atoms with Gasteiger partial charge in [-0.25, -0.2) is 8.78 Å². The average molecular weight is 318 g/mol. The molecule has 122 valence electrons. The molecule has 2 aromatic rings. The summed E-state index contributed by atoms with van der Waals surface area (Å²) in [5, 5.41) is 0. The highest BCUT2D eigenvalue weighted by Gasteiger charge is 2.15. The van der Waals surface area contributed by atoms with Gasteiger partial charge in [-0.1, -0.05) is 0 Å². The second kappa shape index (κ2) is 7.57. The van der Waals surface area contributed by atoms with E-state index in [9.17, 15) is 8.78 Å². The number of hydrogen-bond acceptors (Lipinski definition) is 4. The Bertz CT molecular complexity index is 594. The van der Waals surface area contributed by atoms with Crippen LogP contribution in [-0.4, -0.2) is 45.9 Å². The Morgan fingerprint density at radius 1 is 0.739 bits per heavy atom. The minimum Gasteiger partial charge on any atom is -0.298 e. The smallest absolute Gasteiger partial charge is 0.141 e. The van der Waals surface area contributed by atoms with Crippen LogP contribution in [0.25, 0.3) is 0 Å². The summed E-state index contributed by atoms with van der Waals surface area (Å²) in [6.07, 6.45) is 6.90. The maximum atomic E-state index is 13.2. The van der Waals surface area contributed by atoms with Crippen LogP contribution in [0.15, 0.2) is 36.9 Å². The lowest BCUT2D eigenvalue weighted by Gasteiger charge is -2.21. The van der Waals surface area contributed by atoms with E-state index in [2.05, 4.69) is 19.8 Å². The standard InChI is InChI=1S/C17H20F2N4/c18-16-6-14(8-20-10-16)12-22-2-1-3-23(5-4-22)13-15-7-17(19)11-21-9-15/h6-11H,1-5,12-13H2. The molecule has 0 radical (unpaired) electrons. The summed E-state index contributed by atoms with van der Waals surface area (Å²) in [5.41, 5.74) is 1.79. The normalized spacial score (nSPS) is 17.1. The number of halogens is 2. The molecule has 0 unspecified atom stereocenters. The number of aromatic nitrogens is 2. The van der Waals surface area contributed by atoms with Gasteiger partial charge in [0.05, 0.1) is 12.4 Å². The third-order valence-corrected chi connectivity index (χ3v) is 4.02. The fourth-order valence-corrected chi connectivity index (χ4v) is 2.94. The van der Waals surface area contributed by atoms with Crippen molar-refractivity contribution < 1.29 is 8.78 Å². The van der Waals surface area contributed by atoms with Crippen LogP contribution in [0.4, 0.5) is 8.78 Å². The number of rotatable bonds is 4. The molecule has 0 bridgehead atoms. The SMILES string of the molecule is Fc1cncc(CN2CCCN(Cc3cncc(F)c3)CC2)c1. The van der Waals surface area contributed by atoms with E-state index in [1.807, 2.05) is 0 Å². The fourth-order valence-electron chi connectivity index (χ4n) is 2.94. The molecule has 23 heavy (non-hydrogen) atoms. The molecule has 3 rings (SSSR count). The van der Waals surface area contributed by atoms with E-state index < -0.39 is 0 Å². The van der Waals surface area contributed by atoms with E-state index in [-0.39, 0.29) is 11.6 Å². The van der Waals surface area contributed by atoms with Crippen molar-refractivity contribution in [2.45, 2.75) is 19.5 Å². The predicted molar refractivity (Wildman–Crippen MR) is 83.6 cm³/mol. The van der Waals surface area contributed by atoms with Crippen LogP contribution in [0.3, 0.4) is 0 Å². The molecule has 2 aromatic heterocycles. The number of pyridine rings is 2. The first-order valence-electron chi connectivity index (χ1n) is 7.82. The van der Waals surface area contributed by atoms with Gasteiger partial charge in [-0.2, -0.15) is 0 Å². The van der Waals surface area contributed by atoms with E-state index >= 15 is 0 Å². The van der Waals surface area contributed by atoms with E-state index in [0.717, 1.165) is 43.7 Å². The summed E-state index contributed by atoms with van der Waals surface area (Å²) < 4.78 is 26.4. The first-order valence-corrected chi connectivity index (χ1v) is 7.82. The largest absolute Gasteiger partial charge is 0.298 e. The zero-order chi connectivity index (χ0) is 16.1. The van der Waals surface area contributed by atoms with Gasteiger partial charge in [-0.15, -0.1) is 0 Å². The van der Waals surface area contributed by atoms with Gasteiger partial charge in [0.25, 0.3) is 0 Å². The Morgan fingerprint density at radius 3 is 1.65 bits per heavy atom. The molecule has 6 heteroatoms. The molecule has 3 heterocycles. The lowest BCUT2D eigenvalue weighted by atomic mass is 10.2. The summed E-state index contributed by atoms with van der Waals surface area (Å²) in [5.74, 6) is -0.588. The van der Waals surface area contributed by atoms with Crippen molar-refractivity contribution in [3.8, 4) is 0 Å². The number of nitrogens with zero attached hydrogens (tertiary/aromatic N) is 4. The molecule has 0 N–H and O–H groups in total. The zero-order valence-corrected chi connectivity index (χ0v) is 13.0. The summed E-state index contributed by atoms with van der Waals surface area (Å²) in [4.78, 5) is 12.4. The van der Waals surface area contributed by atoms with Crippen molar-refractivity contribution in [3.05, 3.63) is 59.7 Å². The van der Waals surface area contributed by atoms with E-state index in [1.165, 1.54) is 24.5 Å². The van der Waals surface area contributed by atoms with Crippen LogP contribution in [0, 0.1) is 11.6 Å². The molecule has 4 nitrogen and oxygen atoms in total. The first-order chi connectivity index (χ1) is 11.2. The second-order valence-electron chi connectivity index (χ2n) is 5.93. The Balaban J connectivity index is 1.54. The van der Waals surface area contributed by atoms with Crippen LogP contribution in [0.5, 0.6) is 0 Å². The molecule has 0 aromatic carbocycles. The van der Waals surface area contributed by atoms with E-state index in [4.69, 9.17) is 0 Å². The topological polar surface area (TPSA) is 32.3 Å². The third kappa shape index (κ3) is 4.77. The van der Waals surface area contributed by atoms with Gasteiger partial charge < -0.3 is 0 Å². The molecule has 0 saturated carbocycles. The van der Waals surface area contributed by atoms with Crippen molar-refractivity contribution in [1.82, 2.24) is 19.8 Å². The molecule has 0 amide bonds. The van der Waals surface area contributed by atoms with Crippen molar-refractivity contribution in [3.63, 3.8) is 0 Å². The first kappa shape index (κ1) is 16.0. The molecule has 0 aliphatic carbocycles. The summed E-state index contributed by atoms with van der Waals surface area (Å²) in [6, 6.07) is 3.07. The summed E-state index contributed by atoms with van der Waals surface area (Å²) in [7, 11) is 0. The maximum absolute atomic E-state index is 13.2. The van der Waals surface area contributed by atoms with E-state index in [1.54, 1.807) is 12.4 Å². The van der Waals surface area contributed by atoms with Gasteiger partial charge in [-0.05, 0) is 42.8 Å². The molecule has 0 atom stereocenters. The van der Waals surface area contributed by atoms with Crippen molar-refractivity contribution in [2.75, 3.05) is 26.2 Å². The zero-order valence-electron chi connectivity index (χ0n) is 13.0. The van der Waals surface area contributed by atoms with Crippen LogP contribution in [-0.2, 0) is 13.1 Å². The minimum absolute atomic E-state index is 0.294. The number of hydrogen-bond donors (Lipinski definition) is 0. The minimum atomic E-state index is -0.294. The monoisotopic (exact) mass is 318 g/mol. The molecule has 1 aliphatic rings. The molecular weight excluding hydrogens is 298 g/mol. The molecule has 1 aliphatic heterocycles. The van der Waals surface area contributed by atoms with Crippen LogP contribution < -0.4 is 0 Å². The second-order valence-corrected chi connectivity index (χ2v) is 5.93. The predicted octanol–water partition coefficient (Wildman–Crippen LogP) is 2.46. The van der Waals surface area contributed by atoms with Gasteiger partial charge in [0, 0.05) is 38.6 Å². The highest BCUT2D eigenvalue weighted by Crippen LogP contribution is 2.12.